The molecule has 0 spiro atoms. The van der Waals surface area contributed by atoms with Crippen LogP contribution in [0.4, 0.5) is 5.69 Å². The number of amides is 1. The van der Waals surface area contributed by atoms with Crippen molar-refractivity contribution in [1.82, 2.24) is 9.88 Å². The zero-order valence-electron chi connectivity index (χ0n) is 12.1. The third kappa shape index (κ3) is 2.54. The third-order valence-electron chi connectivity index (χ3n) is 3.76. The van der Waals surface area contributed by atoms with Gasteiger partial charge in [0, 0.05) is 26.2 Å². The number of rotatable bonds is 3. The number of aromatic nitrogens is 1. The minimum atomic E-state index is -0.498. The van der Waals surface area contributed by atoms with Crippen LogP contribution in [0.5, 0.6) is 5.75 Å². The number of piperazine rings is 1. The van der Waals surface area contributed by atoms with Crippen molar-refractivity contribution in [3.8, 4) is 5.75 Å². The fourth-order valence-corrected chi connectivity index (χ4v) is 3.51. The van der Waals surface area contributed by atoms with Crippen LogP contribution in [-0.4, -0.2) is 56.1 Å². The molecule has 1 saturated heterocycles. The van der Waals surface area contributed by atoms with Crippen LogP contribution in [0.3, 0.4) is 0 Å². The van der Waals surface area contributed by atoms with Crippen molar-refractivity contribution < 1.29 is 9.53 Å². The first-order valence-electron chi connectivity index (χ1n) is 6.81. The highest BCUT2D eigenvalue weighted by atomic mass is 32.1. The number of ether oxygens (including phenoxy) is 1. The van der Waals surface area contributed by atoms with Gasteiger partial charge in [0.25, 0.3) is 5.91 Å². The lowest BCUT2D eigenvalue weighted by Crippen LogP contribution is -2.44. The smallest absolute Gasteiger partial charge is 0.277 e. The summed E-state index contributed by atoms with van der Waals surface area (Å²) in [6.45, 7) is 3.97. The predicted octanol–water partition coefficient (Wildman–Crippen LogP) is 1.16. The molecule has 0 bridgehead atoms. The van der Waals surface area contributed by atoms with Gasteiger partial charge in [-0.1, -0.05) is 0 Å². The minimum Gasteiger partial charge on any atom is -0.494 e. The van der Waals surface area contributed by atoms with E-state index < -0.39 is 5.91 Å². The van der Waals surface area contributed by atoms with Gasteiger partial charge in [-0.3, -0.25) is 4.79 Å². The molecule has 112 valence electrons. The van der Waals surface area contributed by atoms with Crippen LogP contribution in [0.25, 0.3) is 10.2 Å². The van der Waals surface area contributed by atoms with E-state index in [1.54, 1.807) is 7.11 Å². The molecule has 1 aliphatic heterocycles. The molecule has 1 fully saturated rings. The number of methoxy groups -OCH3 is 1. The Balaban J connectivity index is 2.08. The number of fused-ring (bicyclic) bond motifs is 1. The largest absolute Gasteiger partial charge is 0.494 e. The molecular formula is C14H18N4O2S. The van der Waals surface area contributed by atoms with Crippen molar-refractivity contribution >= 4 is 33.1 Å². The Hall–Kier alpha value is -1.86. The molecule has 1 aromatic heterocycles. The summed E-state index contributed by atoms with van der Waals surface area (Å²) in [7, 11) is 3.73. The van der Waals surface area contributed by atoms with Gasteiger partial charge < -0.3 is 20.3 Å². The Bertz CT molecular complexity index is 677. The molecule has 1 aromatic carbocycles. The molecule has 2 aromatic rings. The quantitative estimate of drug-likeness (QED) is 0.921. The van der Waals surface area contributed by atoms with Gasteiger partial charge in [0.1, 0.15) is 11.3 Å². The van der Waals surface area contributed by atoms with E-state index >= 15 is 0 Å². The predicted molar refractivity (Wildman–Crippen MR) is 84.4 cm³/mol. The minimum absolute atomic E-state index is 0.324. The number of anilines is 1. The van der Waals surface area contributed by atoms with Crippen LogP contribution in [0.15, 0.2) is 12.1 Å². The number of primary amides is 1. The summed E-state index contributed by atoms with van der Waals surface area (Å²) in [5.41, 5.74) is 7.18. The van der Waals surface area contributed by atoms with Crippen LogP contribution < -0.4 is 15.4 Å². The van der Waals surface area contributed by atoms with E-state index in [-0.39, 0.29) is 0 Å². The topological polar surface area (TPSA) is 71.7 Å². The number of likely N-dealkylation sites (N-methyl/N-ethyl adjacent to an activating group) is 1. The normalized spacial score (nSPS) is 16.4. The number of nitrogens with two attached hydrogens (primary N) is 1. The van der Waals surface area contributed by atoms with Crippen molar-refractivity contribution in [1.29, 1.82) is 0 Å². The van der Waals surface area contributed by atoms with Crippen molar-refractivity contribution in [3.63, 3.8) is 0 Å². The van der Waals surface area contributed by atoms with E-state index in [0.29, 0.717) is 16.3 Å². The maximum Gasteiger partial charge on any atom is 0.277 e. The Morgan fingerprint density at radius 1 is 1.33 bits per heavy atom. The molecule has 3 rings (SSSR count). The molecular weight excluding hydrogens is 288 g/mol. The number of carbonyl (C=O) groups is 1. The van der Waals surface area contributed by atoms with Crippen molar-refractivity contribution in [2.75, 3.05) is 45.2 Å². The molecule has 6 nitrogen and oxygen atoms in total. The maximum absolute atomic E-state index is 11.4. The summed E-state index contributed by atoms with van der Waals surface area (Å²) in [4.78, 5) is 20.4. The van der Waals surface area contributed by atoms with Gasteiger partial charge in [0.15, 0.2) is 5.01 Å². The Kier molecular flexibility index (Phi) is 3.69. The molecule has 7 heteroatoms. The lowest BCUT2D eigenvalue weighted by atomic mass is 10.2. The SMILES string of the molecule is COc1ccc(N2CCN(C)CC2)c2sc(C(N)=O)nc12. The van der Waals surface area contributed by atoms with Crippen LogP contribution in [0, 0.1) is 0 Å². The average molecular weight is 306 g/mol. The first-order valence-corrected chi connectivity index (χ1v) is 7.62. The first-order chi connectivity index (χ1) is 10.1. The van der Waals surface area contributed by atoms with E-state index in [9.17, 15) is 4.79 Å². The lowest BCUT2D eigenvalue weighted by molar-refractivity contribution is 0.1000. The second-order valence-corrected chi connectivity index (χ2v) is 6.14. The zero-order chi connectivity index (χ0) is 15.0. The van der Waals surface area contributed by atoms with Gasteiger partial charge >= 0.3 is 0 Å². The van der Waals surface area contributed by atoms with Crippen molar-refractivity contribution in [3.05, 3.63) is 17.1 Å². The molecule has 0 unspecified atom stereocenters. The summed E-state index contributed by atoms with van der Waals surface area (Å²) in [5.74, 6) is 0.175. The summed E-state index contributed by atoms with van der Waals surface area (Å²) in [5, 5.41) is 0.324. The first kappa shape index (κ1) is 14.1. The van der Waals surface area contributed by atoms with Crippen LogP contribution >= 0.6 is 11.3 Å². The summed E-state index contributed by atoms with van der Waals surface area (Å²) in [6.07, 6.45) is 0. The second kappa shape index (κ2) is 5.50. The van der Waals surface area contributed by atoms with Crippen LogP contribution in [0.1, 0.15) is 9.80 Å². The third-order valence-corrected chi connectivity index (χ3v) is 4.85. The van der Waals surface area contributed by atoms with Crippen molar-refractivity contribution in [2.45, 2.75) is 0 Å². The van der Waals surface area contributed by atoms with E-state index in [1.807, 2.05) is 12.1 Å². The van der Waals surface area contributed by atoms with Crippen LogP contribution in [-0.2, 0) is 0 Å². The number of nitrogens with zero attached hydrogens (tertiary/aromatic N) is 3. The molecule has 0 radical (unpaired) electrons. The van der Waals surface area contributed by atoms with Crippen molar-refractivity contribution in [2.24, 2.45) is 5.73 Å². The highest BCUT2D eigenvalue weighted by molar-refractivity contribution is 7.21. The lowest BCUT2D eigenvalue weighted by Gasteiger charge is -2.34. The fourth-order valence-electron chi connectivity index (χ4n) is 2.54. The Morgan fingerprint density at radius 2 is 2.05 bits per heavy atom. The van der Waals surface area contributed by atoms with Gasteiger partial charge in [-0.15, -0.1) is 11.3 Å². The van der Waals surface area contributed by atoms with Gasteiger partial charge in [-0.2, -0.15) is 0 Å². The van der Waals surface area contributed by atoms with Gasteiger partial charge in [0.2, 0.25) is 0 Å². The van der Waals surface area contributed by atoms with Crippen LogP contribution in [0.2, 0.25) is 0 Å². The highest BCUT2D eigenvalue weighted by Gasteiger charge is 2.21. The Morgan fingerprint density at radius 3 is 2.67 bits per heavy atom. The van der Waals surface area contributed by atoms with E-state index in [4.69, 9.17) is 10.5 Å². The molecule has 1 amide bonds. The summed E-state index contributed by atoms with van der Waals surface area (Å²) < 4.78 is 6.31. The van der Waals surface area contributed by atoms with Gasteiger partial charge in [0.05, 0.1) is 17.5 Å². The second-order valence-electron chi connectivity index (χ2n) is 5.14. The fraction of sp³-hybridized carbons (Fsp3) is 0.429. The molecule has 0 atom stereocenters. The van der Waals surface area contributed by atoms with E-state index in [0.717, 1.165) is 36.6 Å². The average Bonchev–Trinajstić information content (AvgIpc) is 2.92. The monoisotopic (exact) mass is 306 g/mol. The number of thiazole rings is 1. The summed E-state index contributed by atoms with van der Waals surface area (Å²) in [6, 6.07) is 3.94. The van der Waals surface area contributed by atoms with Gasteiger partial charge in [-0.05, 0) is 19.2 Å². The van der Waals surface area contributed by atoms with E-state index in [1.165, 1.54) is 11.3 Å². The molecule has 0 saturated carbocycles. The highest BCUT2D eigenvalue weighted by Crippen LogP contribution is 2.37. The molecule has 0 aliphatic carbocycles. The molecule has 1 aliphatic rings. The summed E-state index contributed by atoms with van der Waals surface area (Å²) >= 11 is 1.34. The number of hydrogen-bond donors (Lipinski definition) is 1. The Labute approximate surface area is 127 Å². The molecule has 2 N–H and O–H groups in total. The number of carbonyl (C=O) groups excluding carboxylic acids is 1. The maximum atomic E-state index is 11.4. The molecule has 21 heavy (non-hydrogen) atoms. The zero-order valence-corrected chi connectivity index (χ0v) is 12.9. The molecule has 2 heterocycles. The van der Waals surface area contributed by atoms with E-state index in [2.05, 4.69) is 21.8 Å². The van der Waals surface area contributed by atoms with Gasteiger partial charge in [-0.25, -0.2) is 4.98 Å². The number of hydrogen-bond acceptors (Lipinski definition) is 6. The standard InChI is InChI=1S/C14H18N4O2S/c1-17-5-7-18(8-6-17)9-3-4-10(20-2)11-12(9)21-14(16-11)13(15)19/h3-4H,5-8H2,1-2H3,(H2,15,19). The number of benzene rings is 1.